The second-order valence-electron chi connectivity index (χ2n) is 4.55. The van der Waals surface area contributed by atoms with E-state index in [0.717, 1.165) is 5.56 Å². The van der Waals surface area contributed by atoms with E-state index in [0.29, 0.717) is 0 Å². The van der Waals surface area contributed by atoms with Crippen molar-refractivity contribution in [3.05, 3.63) is 29.8 Å². The second-order valence-corrected chi connectivity index (χ2v) is 6.27. The van der Waals surface area contributed by atoms with Crippen LogP contribution in [0, 0.1) is 11.3 Å². The van der Waals surface area contributed by atoms with E-state index in [1.54, 1.807) is 26.2 Å². The van der Waals surface area contributed by atoms with Gasteiger partial charge in [0.1, 0.15) is 0 Å². The number of rotatable bonds is 5. The molecule has 108 valence electrons. The van der Waals surface area contributed by atoms with E-state index in [1.807, 2.05) is 6.07 Å². The van der Waals surface area contributed by atoms with Crippen molar-refractivity contribution >= 4 is 15.9 Å². The fourth-order valence-electron chi connectivity index (χ4n) is 1.62. The highest BCUT2D eigenvalue weighted by Crippen LogP contribution is 2.11. The maximum absolute atomic E-state index is 12.1. The van der Waals surface area contributed by atoms with Gasteiger partial charge in [-0.2, -0.15) is 9.98 Å². The van der Waals surface area contributed by atoms with Crippen LogP contribution in [0.25, 0.3) is 0 Å². The summed E-state index contributed by atoms with van der Waals surface area (Å²) >= 11 is 0. The Morgan fingerprint density at radius 2 is 1.90 bits per heavy atom. The van der Waals surface area contributed by atoms with Crippen molar-refractivity contribution in [2.45, 2.75) is 24.3 Å². The minimum Gasteiger partial charge on any atom is -0.347 e. The number of carbonyl (C=O) groups excluding carboxylic acids is 1. The van der Waals surface area contributed by atoms with E-state index in [9.17, 15) is 13.2 Å². The van der Waals surface area contributed by atoms with E-state index >= 15 is 0 Å². The predicted octanol–water partition coefficient (Wildman–Crippen LogP) is 0.508. The first-order valence-corrected chi connectivity index (χ1v) is 7.45. The highest BCUT2D eigenvalue weighted by molar-refractivity contribution is 7.89. The molecule has 0 aliphatic heterocycles. The molecule has 0 fully saturated rings. The van der Waals surface area contributed by atoms with Gasteiger partial charge in [0.15, 0.2) is 0 Å². The largest absolute Gasteiger partial charge is 0.347 e. The molecule has 0 heterocycles. The van der Waals surface area contributed by atoms with Crippen LogP contribution in [-0.2, 0) is 21.2 Å². The molecule has 6 nitrogen and oxygen atoms in total. The Morgan fingerprint density at radius 3 is 2.35 bits per heavy atom. The lowest BCUT2D eigenvalue weighted by atomic mass is 10.2. The van der Waals surface area contributed by atoms with Crippen LogP contribution in [-0.4, -0.2) is 39.4 Å². The van der Waals surface area contributed by atoms with Crippen LogP contribution in [0.5, 0.6) is 0 Å². The number of benzene rings is 1. The van der Waals surface area contributed by atoms with Gasteiger partial charge in [0, 0.05) is 14.1 Å². The molecule has 0 bridgehead atoms. The smallest absolute Gasteiger partial charge is 0.241 e. The maximum atomic E-state index is 12.1. The van der Waals surface area contributed by atoms with E-state index in [1.165, 1.54) is 24.0 Å². The van der Waals surface area contributed by atoms with E-state index in [4.69, 9.17) is 5.26 Å². The number of hydrogen-bond donors (Lipinski definition) is 1. The Hall–Kier alpha value is -1.91. The highest BCUT2D eigenvalue weighted by Gasteiger charge is 2.22. The van der Waals surface area contributed by atoms with Crippen LogP contribution in [0.1, 0.15) is 12.5 Å². The van der Waals surface area contributed by atoms with Crippen LogP contribution >= 0.6 is 0 Å². The van der Waals surface area contributed by atoms with Crippen LogP contribution in [0.4, 0.5) is 0 Å². The summed E-state index contributed by atoms with van der Waals surface area (Å²) in [4.78, 5) is 13.0. The molecular weight excluding hydrogens is 278 g/mol. The monoisotopic (exact) mass is 295 g/mol. The fraction of sp³-hybridized carbons (Fsp3) is 0.385. The zero-order valence-electron chi connectivity index (χ0n) is 11.6. The van der Waals surface area contributed by atoms with Gasteiger partial charge in [-0.25, -0.2) is 8.42 Å². The molecule has 0 radical (unpaired) electrons. The lowest BCUT2D eigenvalue weighted by Gasteiger charge is -2.18. The summed E-state index contributed by atoms with van der Waals surface area (Å²) in [6, 6.07) is 7.14. The summed E-state index contributed by atoms with van der Waals surface area (Å²) in [7, 11) is -0.631. The van der Waals surface area contributed by atoms with Crippen LogP contribution in [0.3, 0.4) is 0 Å². The SMILES string of the molecule is CC(NS(=O)(=O)c1ccc(CC#N)cc1)C(=O)N(C)C. The van der Waals surface area contributed by atoms with Crippen molar-refractivity contribution in [2.75, 3.05) is 14.1 Å². The number of amides is 1. The van der Waals surface area contributed by atoms with Gasteiger partial charge in [-0.15, -0.1) is 0 Å². The van der Waals surface area contributed by atoms with Crippen LogP contribution in [0.2, 0.25) is 0 Å². The maximum Gasteiger partial charge on any atom is 0.241 e. The second kappa shape index (κ2) is 6.50. The zero-order valence-corrected chi connectivity index (χ0v) is 12.4. The summed E-state index contributed by atoms with van der Waals surface area (Å²) in [5.74, 6) is -0.324. The third-order valence-electron chi connectivity index (χ3n) is 2.66. The van der Waals surface area contributed by atoms with Gasteiger partial charge in [-0.05, 0) is 24.6 Å². The molecule has 1 amide bonds. The van der Waals surface area contributed by atoms with Crippen molar-refractivity contribution in [3.8, 4) is 6.07 Å². The zero-order chi connectivity index (χ0) is 15.3. The summed E-state index contributed by atoms with van der Waals surface area (Å²) in [5.41, 5.74) is 0.740. The summed E-state index contributed by atoms with van der Waals surface area (Å²) in [6.45, 7) is 1.49. The molecule has 20 heavy (non-hydrogen) atoms. The van der Waals surface area contributed by atoms with Crippen molar-refractivity contribution in [2.24, 2.45) is 0 Å². The molecule has 0 spiro atoms. The lowest BCUT2D eigenvalue weighted by molar-refractivity contribution is -0.130. The molecule has 1 rings (SSSR count). The van der Waals surface area contributed by atoms with Crippen molar-refractivity contribution in [3.63, 3.8) is 0 Å². The van der Waals surface area contributed by atoms with Gasteiger partial charge in [0.05, 0.1) is 23.4 Å². The number of nitrogens with zero attached hydrogens (tertiary/aromatic N) is 2. The first kappa shape index (κ1) is 16.1. The highest BCUT2D eigenvalue weighted by atomic mass is 32.2. The minimum atomic E-state index is -3.75. The quantitative estimate of drug-likeness (QED) is 0.857. The van der Waals surface area contributed by atoms with Crippen molar-refractivity contribution < 1.29 is 13.2 Å². The molecule has 0 aromatic heterocycles. The van der Waals surface area contributed by atoms with Crippen LogP contribution in [0.15, 0.2) is 29.2 Å². The molecule has 7 heteroatoms. The number of carbonyl (C=O) groups is 1. The van der Waals surface area contributed by atoms with Gasteiger partial charge in [-0.3, -0.25) is 4.79 Å². The Kier molecular flexibility index (Phi) is 5.25. The number of hydrogen-bond acceptors (Lipinski definition) is 4. The molecule has 1 unspecified atom stereocenters. The molecule has 1 aromatic carbocycles. The molecule has 1 N–H and O–H groups in total. The Balaban J connectivity index is 2.89. The molecule has 0 saturated heterocycles. The molecular formula is C13H17N3O3S. The molecule has 0 saturated carbocycles. The number of likely N-dealkylation sites (N-methyl/N-ethyl adjacent to an activating group) is 1. The van der Waals surface area contributed by atoms with Crippen molar-refractivity contribution in [1.29, 1.82) is 5.26 Å². The Bertz CT molecular complexity index is 615. The summed E-state index contributed by atoms with van der Waals surface area (Å²) < 4.78 is 26.5. The lowest BCUT2D eigenvalue weighted by Crippen LogP contribution is -2.44. The van der Waals surface area contributed by atoms with Crippen molar-refractivity contribution in [1.82, 2.24) is 9.62 Å². The van der Waals surface area contributed by atoms with Gasteiger partial charge in [0.25, 0.3) is 0 Å². The number of nitrogens with one attached hydrogen (secondary N) is 1. The average Bonchev–Trinajstić information content (AvgIpc) is 2.38. The van der Waals surface area contributed by atoms with Crippen LogP contribution < -0.4 is 4.72 Å². The van der Waals surface area contributed by atoms with E-state index in [-0.39, 0.29) is 17.2 Å². The Labute approximate surface area is 119 Å². The van der Waals surface area contributed by atoms with Gasteiger partial charge < -0.3 is 4.90 Å². The predicted molar refractivity (Wildman–Crippen MR) is 74.2 cm³/mol. The standard InChI is InChI=1S/C13H17N3O3S/c1-10(13(17)16(2)3)15-20(18,19)12-6-4-11(5-7-12)8-9-14/h4-7,10,15H,8H2,1-3H3. The van der Waals surface area contributed by atoms with E-state index < -0.39 is 16.1 Å². The number of nitriles is 1. The molecule has 1 atom stereocenters. The van der Waals surface area contributed by atoms with Gasteiger partial charge >= 0.3 is 0 Å². The first-order chi connectivity index (χ1) is 9.27. The first-order valence-electron chi connectivity index (χ1n) is 5.97. The molecule has 1 aromatic rings. The van der Waals surface area contributed by atoms with Gasteiger partial charge in [-0.1, -0.05) is 12.1 Å². The Morgan fingerprint density at radius 1 is 1.35 bits per heavy atom. The normalized spacial score (nSPS) is 12.5. The molecule has 0 aliphatic rings. The summed E-state index contributed by atoms with van der Waals surface area (Å²) in [6.07, 6.45) is 0.225. The summed E-state index contributed by atoms with van der Waals surface area (Å²) in [5, 5.41) is 8.56. The topological polar surface area (TPSA) is 90.3 Å². The third-order valence-corrected chi connectivity index (χ3v) is 4.22. The molecule has 0 aliphatic carbocycles. The average molecular weight is 295 g/mol. The van der Waals surface area contributed by atoms with Gasteiger partial charge in [0.2, 0.25) is 15.9 Å². The van der Waals surface area contributed by atoms with E-state index in [2.05, 4.69) is 4.72 Å². The third kappa shape index (κ3) is 4.05. The fourth-order valence-corrected chi connectivity index (χ4v) is 2.81. The number of sulfonamides is 1. The minimum absolute atomic E-state index is 0.0672.